The minimum atomic E-state index is -0.457. The van der Waals surface area contributed by atoms with E-state index in [0.717, 1.165) is 18.7 Å². The molecule has 0 unspecified atom stereocenters. The van der Waals surface area contributed by atoms with Crippen LogP contribution in [0.5, 0.6) is 0 Å². The second-order valence-electron chi connectivity index (χ2n) is 4.07. The molecule has 0 atom stereocenters. The molecule has 0 saturated heterocycles. The summed E-state index contributed by atoms with van der Waals surface area (Å²) in [5.74, 6) is 1.04. The highest BCUT2D eigenvalue weighted by Crippen LogP contribution is 2.12. The number of nitrogens with zero attached hydrogens (tertiary/aromatic N) is 2. The quantitative estimate of drug-likeness (QED) is 0.805. The fraction of sp³-hybridized carbons (Fsp3) is 0.385. The van der Waals surface area contributed by atoms with E-state index in [1.165, 1.54) is 6.20 Å². The molecule has 102 valence electrons. The molecule has 2 aromatic rings. The van der Waals surface area contributed by atoms with Gasteiger partial charge in [0.25, 0.3) is 0 Å². The van der Waals surface area contributed by atoms with Crippen LogP contribution in [-0.2, 0) is 6.42 Å². The van der Waals surface area contributed by atoms with E-state index in [2.05, 4.69) is 20.6 Å². The molecule has 2 rings (SSSR count). The van der Waals surface area contributed by atoms with E-state index in [1.54, 1.807) is 6.26 Å². The van der Waals surface area contributed by atoms with Crippen molar-refractivity contribution in [3.8, 4) is 0 Å². The molecule has 0 radical (unpaired) electrons. The molecule has 2 aromatic heterocycles. The van der Waals surface area contributed by atoms with Crippen molar-refractivity contribution in [3.63, 3.8) is 0 Å². The van der Waals surface area contributed by atoms with Crippen LogP contribution >= 0.6 is 0 Å². The number of rotatable bonds is 7. The number of anilines is 2. The van der Waals surface area contributed by atoms with Gasteiger partial charge in [-0.15, -0.1) is 0 Å². The monoisotopic (exact) mass is 264 g/mol. The SMILES string of the molecule is CCCNc1ncc(F)c(NCCc2ccco2)n1. The molecule has 0 bridgehead atoms. The Morgan fingerprint density at radius 2 is 2.21 bits per heavy atom. The zero-order valence-corrected chi connectivity index (χ0v) is 10.8. The van der Waals surface area contributed by atoms with E-state index in [9.17, 15) is 4.39 Å². The summed E-state index contributed by atoms with van der Waals surface area (Å²) < 4.78 is 18.7. The van der Waals surface area contributed by atoms with Gasteiger partial charge in [0.2, 0.25) is 5.95 Å². The zero-order valence-electron chi connectivity index (χ0n) is 10.8. The Bertz CT molecular complexity index is 501. The van der Waals surface area contributed by atoms with Gasteiger partial charge >= 0.3 is 0 Å². The number of halogens is 1. The van der Waals surface area contributed by atoms with Crippen LogP contribution in [0.2, 0.25) is 0 Å². The van der Waals surface area contributed by atoms with E-state index < -0.39 is 5.82 Å². The van der Waals surface area contributed by atoms with Gasteiger partial charge in [-0.05, 0) is 18.6 Å². The lowest BCUT2D eigenvalue weighted by Crippen LogP contribution is -2.11. The van der Waals surface area contributed by atoms with Gasteiger partial charge in [-0.2, -0.15) is 4.98 Å². The average Bonchev–Trinajstić information content (AvgIpc) is 2.92. The van der Waals surface area contributed by atoms with Gasteiger partial charge in [0.15, 0.2) is 11.6 Å². The summed E-state index contributed by atoms with van der Waals surface area (Å²) in [4.78, 5) is 7.97. The van der Waals surface area contributed by atoms with Crippen molar-refractivity contribution >= 4 is 11.8 Å². The molecule has 0 aliphatic rings. The highest BCUT2D eigenvalue weighted by molar-refractivity contribution is 5.41. The predicted octanol–water partition coefficient (Wildman–Crippen LogP) is 2.69. The fourth-order valence-corrected chi connectivity index (χ4v) is 1.57. The van der Waals surface area contributed by atoms with E-state index in [1.807, 2.05) is 19.1 Å². The number of hydrogen-bond acceptors (Lipinski definition) is 5. The molecule has 2 N–H and O–H groups in total. The second-order valence-corrected chi connectivity index (χ2v) is 4.07. The average molecular weight is 264 g/mol. The molecule has 0 fully saturated rings. The first kappa shape index (κ1) is 13.3. The molecule has 0 aliphatic heterocycles. The Labute approximate surface area is 111 Å². The van der Waals surface area contributed by atoms with Gasteiger partial charge in [-0.25, -0.2) is 9.37 Å². The first-order chi connectivity index (χ1) is 9.29. The van der Waals surface area contributed by atoms with Crippen molar-refractivity contribution < 1.29 is 8.81 Å². The van der Waals surface area contributed by atoms with Crippen LogP contribution in [0.4, 0.5) is 16.2 Å². The summed E-state index contributed by atoms with van der Waals surface area (Å²) >= 11 is 0. The van der Waals surface area contributed by atoms with Crippen LogP contribution in [0.15, 0.2) is 29.0 Å². The molecule has 0 aliphatic carbocycles. The van der Waals surface area contributed by atoms with Crippen LogP contribution in [0.1, 0.15) is 19.1 Å². The maximum absolute atomic E-state index is 13.5. The Balaban J connectivity index is 1.90. The standard InChI is InChI=1S/C13H17FN4O/c1-2-6-16-13-17-9-11(14)12(18-13)15-7-5-10-4-3-8-19-10/h3-4,8-9H,2,5-7H2,1H3,(H2,15,16,17,18). The summed E-state index contributed by atoms with van der Waals surface area (Å²) in [5.41, 5.74) is 0. The maximum Gasteiger partial charge on any atom is 0.224 e. The van der Waals surface area contributed by atoms with Crippen molar-refractivity contribution in [3.05, 3.63) is 36.2 Å². The number of nitrogens with one attached hydrogen (secondary N) is 2. The molecule has 0 aromatic carbocycles. The Morgan fingerprint density at radius 3 is 2.95 bits per heavy atom. The lowest BCUT2D eigenvalue weighted by molar-refractivity contribution is 0.512. The largest absolute Gasteiger partial charge is 0.469 e. The third-order valence-electron chi connectivity index (χ3n) is 2.52. The topological polar surface area (TPSA) is 63.0 Å². The van der Waals surface area contributed by atoms with Gasteiger partial charge in [-0.1, -0.05) is 6.92 Å². The molecular weight excluding hydrogens is 247 g/mol. The summed E-state index contributed by atoms with van der Waals surface area (Å²) in [6.07, 6.45) is 4.42. The van der Waals surface area contributed by atoms with Crippen LogP contribution in [0.25, 0.3) is 0 Å². The Hall–Kier alpha value is -2.11. The molecule has 19 heavy (non-hydrogen) atoms. The van der Waals surface area contributed by atoms with Crippen molar-refractivity contribution in [2.75, 3.05) is 23.7 Å². The zero-order chi connectivity index (χ0) is 13.5. The molecule has 5 nitrogen and oxygen atoms in total. The van der Waals surface area contributed by atoms with Crippen LogP contribution in [0.3, 0.4) is 0 Å². The summed E-state index contributed by atoms with van der Waals surface area (Å²) in [6.45, 7) is 3.35. The second kappa shape index (κ2) is 6.72. The van der Waals surface area contributed by atoms with Gasteiger partial charge in [0, 0.05) is 19.5 Å². The van der Waals surface area contributed by atoms with Crippen molar-refractivity contribution in [1.29, 1.82) is 0 Å². The summed E-state index contributed by atoms with van der Waals surface area (Å²) in [7, 11) is 0. The van der Waals surface area contributed by atoms with E-state index in [0.29, 0.717) is 18.9 Å². The molecule has 6 heteroatoms. The summed E-state index contributed by atoms with van der Waals surface area (Å²) in [5, 5.41) is 5.96. The smallest absolute Gasteiger partial charge is 0.224 e. The predicted molar refractivity (Wildman–Crippen MR) is 71.7 cm³/mol. The number of hydrogen-bond donors (Lipinski definition) is 2. The number of furan rings is 1. The third-order valence-corrected chi connectivity index (χ3v) is 2.52. The lowest BCUT2D eigenvalue weighted by Gasteiger charge is -2.08. The van der Waals surface area contributed by atoms with Crippen molar-refractivity contribution in [1.82, 2.24) is 9.97 Å². The summed E-state index contributed by atoms with van der Waals surface area (Å²) in [6, 6.07) is 3.71. The fourth-order valence-electron chi connectivity index (χ4n) is 1.57. The van der Waals surface area contributed by atoms with Crippen molar-refractivity contribution in [2.45, 2.75) is 19.8 Å². The van der Waals surface area contributed by atoms with Gasteiger partial charge in [0.05, 0.1) is 12.5 Å². The van der Waals surface area contributed by atoms with E-state index >= 15 is 0 Å². The molecule has 0 spiro atoms. The number of aromatic nitrogens is 2. The third kappa shape index (κ3) is 3.94. The lowest BCUT2D eigenvalue weighted by atomic mass is 10.3. The van der Waals surface area contributed by atoms with Crippen LogP contribution in [-0.4, -0.2) is 23.1 Å². The highest BCUT2D eigenvalue weighted by Gasteiger charge is 2.06. The minimum Gasteiger partial charge on any atom is -0.469 e. The molecule has 2 heterocycles. The van der Waals surface area contributed by atoms with Gasteiger partial charge in [0.1, 0.15) is 5.76 Å². The minimum absolute atomic E-state index is 0.208. The van der Waals surface area contributed by atoms with E-state index in [-0.39, 0.29) is 5.82 Å². The van der Waals surface area contributed by atoms with Crippen LogP contribution in [0, 0.1) is 5.82 Å². The molecular formula is C13H17FN4O. The highest BCUT2D eigenvalue weighted by atomic mass is 19.1. The van der Waals surface area contributed by atoms with E-state index in [4.69, 9.17) is 4.42 Å². The molecule has 0 saturated carbocycles. The maximum atomic E-state index is 13.5. The Kier molecular flexibility index (Phi) is 4.72. The Morgan fingerprint density at radius 1 is 1.32 bits per heavy atom. The normalized spacial score (nSPS) is 10.4. The van der Waals surface area contributed by atoms with Gasteiger partial charge < -0.3 is 15.1 Å². The first-order valence-electron chi connectivity index (χ1n) is 6.32. The molecule has 0 amide bonds. The van der Waals surface area contributed by atoms with Crippen molar-refractivity contribution in [2.24, 2.45) is 0 Å². The van der Waals surface area contributed by atoms with Crippen LogP contribution < -0.4 is 10.6 Å². The first-order valence-corrected chi connectivity index (χ1v) is 6.32. The van der Waals surface area contributed by atoms with Gasteiger partial charge in [-0.3, -0.25) is 0 Å².